The predicted octanol–water partition coefficient (Wildman–Crippen LogP) is 2.57. The molecule has 0 aliphatic rings. The molecule has 1 heterocycles. The monoisotopic (exact) mass is 256 g/mol. The predicted molar refractivity (Wildman–Crippen MR) is 75.4 cm³/mol. The fraction of sp³-hybridized carbons (Fsp3) is 0.692. The first kappa shape index (κ1) is 14.6. The fourth-order valence-electron chi connectivity index (χ4n) is 1.90. The molecule has 4 heteroatoms. The van der Waals surface area contributed by atoms with Gasteiger partial charge >= 0.3 is 0 Å². The Morgan fingerprint density at radius 1 is 1.41 bits per heavy atom. The Labute approximate surface area is 109 Å². The largest absolute Gasteiger partial charge is 0.463 e. The molecule has 0 amide bonds. The van der Waals surface area contributed by atoms with Gasteiger partial charge in [0.15, 0.2) is 0 Å². The molecule has 98 valence electrons. The van der Waals surface area contributed by atoms with Crippen molar-refractivity contribution >= 4 is 11.8 Å². The van der Waals surface area contributed by atoms with Gasteiger partial charge in [-0.1, -0.05) is 6.92 Å². The summed E-state index contributed by atoms with van der Waals surface area (Å²) in [5.74, 6) is 3.24. The van der Waals surface area contributed by atoms with Gasteiger partial charge in [-0.3, -0.25) is 4.90 Å². The lowest BCUT2D eigenvalue weighted by molar-refractivity contribution is 0.226. The normalized spacial score (nSPS) is 13.2. The van der Waals surface area contributed by atoms with Gasteiger partial charge in [0.1, 0.15) is 11.5 Å². The van der Waals surface area contributed by atoms with Crippen molar-refractivity contribution in [3.63, 3.8) is 0 Å². The topological polar surface area (TPSA) is 28.4 Å². The average Bonchev–Trinajstić information content (AvgIpc) is 2.73. The fourth-order valence-corrected chi connectivity index (χ4v) is 2.78. The second kappa shape index (κ2) is 7.80. The third-order valence-corrected chi connectivity index (χ3v) is 3.65. The SMILES string of the molecule is CCC(CSC)N(C)Cc1ccc(CNC)o1. The Kier molecular flexibility index (Phi) is 6.70. The van der Waals surface area contributed by atoms with Crippen LogP contribution in [0.2, 0.25) is 0 Å². The Bertz CT molecular complexity index is 314. The summed E-state index contributed by atoms with van der Waals surface area (Å²) in [5, 5.41) is 3.09. The highest BCUT2D eigenvalue weighted by molar-refractivity contribution is 7.98. The van der Waals surface area contributed by atoms with E-state index in [0.717, 1.165) is 24.6 Å². The molecular formula is C13H24N2OS. The van der Waals surface area contributed by atoms with Gasteiger partial charge in [0.25, 0.3) is 0 Å². The zero-order valence-electron chi connectivity index (χ0n) is 11.3. The molecule has 0 aromatic carbocycles. The van der Waals surface area contributed by atoms with Gasteiger partial charge < -0.3 is 9.73 Å². The Balaban J connectivity index is 2.50. The van der Waals surface area contributed by atoms with Crippen LogP contribution in [-0.2, 0) is 13.1 Å². The van der Waals surface area contributed by atoms with Crippen molar-refractivity contribution in [3.8, 4) is 0 Å². The summed E-state index contributed by atoms with van der Waals surface area (Å²) in [6.07, 6.45) is 3.34. The average molecular weight is 256 g/mol. The number of hydrogen-bond acceptors (Lipinski definition) is 4. The maximum absolute atomic E-state index is 5.76. The molecule has 1 N–H and O–H groups in total. The second-order valence-electron chi connectivity index (χ2n) is 4.33. The first-order valence-corrected chi connectivity index (χ1v) is 7.52. The van der Waals surface area contributed by atoms with Crippen LogP contribution in [-0.4, -0.2) is 37.0 Å². The van der Waals surface area contributed by atoms with Crippen molar-refractivity contribution in [2.45, 2.75) is 32.5 Å². The number of nitrogens with zero attached hydrogens (tertiary/aromatic N) is 1. The van der Waals surface area contributed by atoms with Crippen LogP contribution < -0.4 is 5.32 Å². The Morgan fingerprint density at radius 3 is 2.71 bits per heavy atom. The summed E-state index contributed by atoms with van der Waals surface area (Å²) in [5.41, 5.74) is 0. The van der Waals surface area contributed by atoms with Crippen LogP contribution in [0.3, 0.4) is 0 Å². The van der Waals surface area contributed by atoms with Crippen LogP contribution in [0.1, 0.15) is 24.9 Å². The second-order valence-corrected chi connectivity index (χ2v) is 5.24. The van der Waals surface area contributed by atoms with Crippen LogP contribution in [0.4, 0.5) is 0 Å². The lowest BCUT2D eigenvalue weighted by Crippen LogP contribution is -2.32. The maximum atomic E-state index is 5.76. The third-order valence-electron chi connectivity index (χ3n) is 2.93. The highest BCUT2D eigenvalue weighted by Gasteiger charge is 2.13. The first-order valence-electron chi connectivity index (χ1n) is 6.12. The molecule has 1 rings (SSSR count). The molecular weight excluding hydrogens is 232 g/mol. The van der Waals surface area contributed by atoms with Crippen LogP contribution in [0.5, 0.6) is 0 Å². The zero-order valence-corrected chi connectivity index (χ0v) is 12.1. The highest BCUT2D eigenvalue weighted by atomic mass is 32.2. The minimum atomic E-state index is 0.628. The van der Waals surface area contributed by atoms with E-state index in [9.17, 15) is 0 Å². The van der Waals surface area contributed by atoms with Crippen LogP contribution >= 0.6 is 11.8 Å². The summed E-state index contributed by atoms with van der Waals surface area (Å²) in [6, 6.07) is 4.76. The van der Waals surface area contributed by atoms with E-state index in [1.54, 1.807) is 0 Å². The van der Waals surface area contributed by atoms with Gasteiger partial charge in [-0.25, -0.2) is 0 Å². The summed E-state index contributed by atoms with van der Waals surface area (Å²) in [6.45, 7) is 3.93. The molecule has 1 unspecified atom stereocenters. The molecule has 0 radical (unpaired) electrons. The van der Waals surface area contributed by atoms with Crippen molar-refractivity contribution in [2.75, 3.05) is 26.1 Å². The molecule has 3 nitrogen and oxygen atoms in total. The smallest absolute Gasteiger partial charge is 0.118 e. The van der Waals surface area contributed by atoms with Crippen molar-refractivity contribution in [2.24, 2.45) is 0 Å². The van der Waals surface area contributed by atoms with Crippen LogP contribution in [0.25, 0.3) is 0 Å². The maximum Gasteiger partial charge on any atom is 0.118 e. The van der Waals surface area contributed by atoms with E-state index in [1.807, 2.05) is 18.8 Å². The van der Waals surface area contributed by atoms with E-state index in [4.69, 9.17) is 4.42 Å². The summed E-state index contributed by atoms with van der Waals surface area (Å²) >= 11 is 1.90. The number of hydrogen-bond donors (Lipinski definition) is 1. The Hall–Kier alpha value is -0.450. The van der Waals surface area contributed by atoms with Gasteiger partial charge in [0.05, 0.1) is 13.1 Å². The number of furan rings is 1. The van der Waals surface area contributed by atoms with Gasteiger partial charge in [-0.2, -0.15) is 11.8 Å². The molecule has 1 aromatic rings. The van der Waals surface area contributed by atoms with E-state index in [1.165, 1.54) is 12.2 Å². The zero-order chi connectivity index (χ0) is 12.7. The molecule has 0 saturated heterocycles. The van der Waals surface area contributed by atoms with E-state index in [0.29, 0.717) is 6.04 Å². The van der Waals surface area contributed by atoms with Gasteiger partial charge in [0, 0.05) is 11.8 Å². The van der Waals surface area contributed by atoms with Crippen molar-refractivity contribution < 1.29 is 4.42 Å². The van der Waals surface area contributed by atoms with Crippen molar-refractivity contribution in [1.82, 2.24) is 10.2 Å². The molecule has 1 atom stereocenters. The van der Waals surface area contributed by atoms with E-state index in [-0.39, 0.29) is 0 Å². The third kappa shape index (κ3) is 4.74. The molecule has 0 aliphatic carbocycles. The lowest BCUT2D eigenvalue weighted by atomic mass is 10.2. The summed E-state index contributed by atoms with van der Waals surface area (Å²) in [4.78, 5) is 2.37. The quantitative estimate of drug-likeness (QED) is 0.774. The lowest BCUT2D eigenvalue weighted by Gasteiger charge is -2.25. The molecule has 0 fully saturated rings. The van der Waals surface area contributed by atoms with Crippen LogP contribution in [0.15, 0.2) is 16.5 Å². The van der Waals surface area contributed by atoms with Gasteiger partial charge in [-0.15, -0.1) is 0 Å². The van der Waals surface area contributed by atoms with E-state index in [2.05, 4.69) is 42.6 Å². The molecule has 17 heavy (non-hydrogen) atoms. The minimum Gasteiger partial charge on any atom is -0.463 e. The Morgan fingerprint density at radius 2 is 2.12 bits per heavy atom. The molecule has 1 aromatic heterocycles. The van der Waals surface area contributed by atoms with Crippen LogP contribution in [0, 0.1) is 0 Å². The van der Waals surface area contributed by atoms with E-state index >= 15 is 0 Å². The van der Waals surface area contributed by atoms with E-state index < -0.39 is 0 Å². The van der Waals surface area contributed by atoms with Gasteiger partial charge in [0.2, 0.25) is 0 Å². The molecule has 0 aliphatic heterocycles. The standard InChI is InChI=1S/C13H24N2OS/c1-5-11(10-17-4)15(3)9-13-7-6-12(16-13)8-14-2/h6-7,11,14H,5,8-10H2,1-4H3. The molecule has 0 spiro atoms. The summed E-state index contributed by atoms with van der Waals surface area (Å²) in [7, 11) is 4.10. The van der Waals surface area contributed by atoms with Crippen molar-refractivity contribution in [3.05, 3.63) is 23.7 Å². The van der Waals surface area contributed by atoms with Gasteiger partial charge in [-0.05, 0) is 38.9 Å². The highest BCUT2D eigenvalue weighted by Crippen LogP contribution is 2.14. The van der Waals surface area contributed by atoms with Crippen molar-refractivity contribution in [1.29, 1.82) is 0 Å². The molecule has 0 saturated carbocycles. The summed E-state index contributed by atoms with van der Waals surface area (Å²) < 4.78 is 5.76. The minimum absolute atomic E-state index is 0.628. The first-order chi connectivity index (χ1) is 8.21. The number of nitrogens with one attached hydrogen (secondary N) is 1. The number of thioether (sulfide) groups is 1. The molecule has 0 bridgehead atoms. The number of rotatable bonds is 8.